The molecule has 0 aliphatic carbocycles. The molecule has 1 aliphatic rings. The number of nitrogens with zero attached hydrogens (tertiary/aromatic N) is 2. The summed E-state index contributed by atoms with van der Waals surface area (Å²) < 4.78 is 27.3. The predicted octanol–water partition coefficient (Wildman–Crippen LogP) is 1.94. The Labute approximate surface area is 130 Å². The number of hydrogen-bond donors (Lipinski definition) is 1. The van der Waals surface area contributed by atoms with Gasteiger partial charge in [0.25, 0.3) is 0 Å². The lowest BCUT2D eigenvalue weighted by molar-refractivity contribution is 0.170. The zero-order valence-electron chi connectivity index (χ0n) is 12.6. The maximum atomic E-state index is 12.9. The van der Waals surface area contributed by atoms with Gasteiger partial charge < -0.3 is 5.11 Å². The number of aliphatic hydroxyl groups is 1. The van der Waals surface area contributed by atoms with Crippen molar-refractivity contribution in [2.45, 2.75) is 24.7 Å². The molecular weight excluding hydrogens is 300 g/mol. The van der Waals surface area contributed by atoms with Crippen molar-refractivity contribution in [3.8, 4) is 0 Å². The number of rotatable bonds is 3. The first kappa shape index (κ1) is 15.4. The highest BCUT2D eigenvalue weighted by atomic mass is 32.2. The maximum Gasteiger partial charge on any atom is 0.245 e. The minimum Gasteiger partial charge on any atom is -0.396 e. The Morgan fingerprint density at radius 3 is 2.73 bits per heavy atom. The summed E-state index contributed by atoms with van der Waals surface area (Å²) in [4.78, 5) is 4.60. The molecule has 3 rings (SSSR count). The standard InChI is InChI=1S/C16H20N2O3S/c1-12-9-14-3-2-4-15(16(14)17-10-12)22(20,21)18-7-5-13(11-19)6-8-18/h2-4,9-10,13,19H,5-8,11H2,1H3. The summed E-state index contributed by atoms with van der Waals surface area (Å²) >= 11 is 0. The number of benzene rings is 1. The number of sulfonamides is 1. The van der Waals surface area contributed by atoms with Crippen molar-refractivity contribution in [2.24, 2.45) is 5.92 Å². The molecule has 118 valence electrons. The van der Waals surface area contributed by atoms with Crippen LogP contribution in [0.4, 0.5) is 0 Å². The van der Waals surface area contributed by atoms with Gasteiger partial charge in [0.05, 0.1) is 5.52 Å². The summed E-state index contributed by atoms with van der Waals surface area (Å²) in [5.41, 5.74) is 1.53. The maximum absolute atomic E-state index is 12.9. The number of para-hydroxylation sites is 1. The van der Waals surface area contributed by atoms with E-state index in [0.29, 0.717) is 31.4 Å². The molecule has 0 atom stereocenters. The Hall–Kier alpha value is -1.50. The quantitative estimate of drug-likeness (QED) is 0.938. The van der Waals surface area contributed by atoms with Crippen LogP contribution in [0.25, 0.3) is 10.9 Å². The van der Waals surface area contributed by atoms with Crippen molar-refractivity contribution in [1.29, 1.82) is 0 Å². The van der Waals surface area contributed by atoms with Crippen LogP contribution < -0.4 is 0 Å². The zero-order valence-corrected chi connectivity index (χ0v) is 13.4. The highest BCUT2D eigenvalue weighted by molar-refractivity contribution is 7.89. The average molecular weight is 320 g/mol. The third kappa shape index (κ3) is 2.74. The first-order chi connectivity index (χ1) is 10.5. The van der Waals surface area contributed by atoms with Gasteiger partial charge in [0.2, 0.25) is 10.0 Å². The van der Waals surface area contributed by atoms with E-state index in [-0.39, 0.29) is 17.4 Å². The van der Waals surface area contributed by atoms with E-state index in [9.17, 15) is 13.5 Å². The molecule has 1 N–H and O–H groups in total. The van der Waals surface area contributed by atoms with E-state index in [1.54, 1.807) is 18.3 Å². The number of pyridine rings is 1. The largest absolute Gasteiger partial charge is 0.396 e. The monoisotopic (exact) mass is 320 g/mol. The molecule has 5 nitrogen and oxygen atoms in total. The number of piperidine rings is 1. The van der Waals surface area contributed by atoms with Crippen LogP contribution in [0.5, 0.6) is 0 Å². The molecule has 1 aromatic heterocycles. The Balaban J connectivity index is 1.99. The highest BCUT2D eigenvalue weighted by Gasteiger charge is 2.30. The van der Waals surface area contributed by atoms with Gasteiger partial charge in [-0.1, -0.05) is 12.1 Å². The van der Waals surface area contributed by atoms with Crippen LogP contribution in [0.1, 0.15) is 18.4 Å². The summed E-state index contributed by atoms with van der Waals surface area (Å²) in [5, 5.41) is 10.0. The second kappa shape index (κ2) is 5.95. The van der Waals surface area contributed by atoms with Crippen molar-refractivity contribution < 1.29 is 13.5 Å². The van der Waals surface area contributed by atoms with Gasteiger partial charge in [0.15, 0.2) is 0 Å². The lowest BCUT2D eigenvalue weighted by Crippen LogP contribution is -2.39. The molecule has 22 heavy (non-hydrogen) atoms. The average Bonchev–Trinajstić information content (AvgIpc) is 2.54. The molecular formula is C16H20N2O3S. The van der Waals surface area contributed by atoms with Crippen LogP contribution in [0.3, 0.4) is 0 Å². The second-order valence-corrected chi connectivity index (χ2v) is 7.78. The fraction of sp³-hybridized carbons (Fsp3) is 0.438. The minimum atomic E-state index is -3.54. The van der Waals surface area contributed by atoms with E-state index in [0.717, 1.165) is 10.9 Å². The molecule has 0 radical (unpaired) electrons. The van der Waals surface area contributed by atoms with Gasteiger partial charge in [-0.05, 0) is 43.4 Å². The van der Waals surface area contributed by atoms with E-state index in [4.69, 9.17) is 0 Å². The summed E-state index contributed by atoms with van der Waals surface area (Å²) in [6.45, 7) is 2.97. The van der Waals surface area contributed by atoms with Crippen molar-refractivity contribution in [2.75, 3.05) is 19.7 Å². The van der Waals surface area contributed by atoms with Crippen LogP contribution in [0.15, 0.2) is 35.4 Å². The molecule has 2 heterocycles. The molecule has 1 saturated heterocycles. The van der Waals surface area contributed by atoms with E-state index in [2.05, 4.69) is 4.98 Å². The molecule has 1 aliphatic heterocycles. The van der Waals surface area contributed by atoms with E-state index < -0.39 is 10.0 Å². The lowest BCUT2D eigenvalue weighted by Gasteiger charge is -2.30. The first-order valence-electron chi connectivity index (χ1n) is 7.49. The topological polar surface area (TPSA) is 70.5 Å². The zero-order chi connectivity index (χ0) is 15.7. The number of aromatic nitrogens is 1. The summed E-state index contributed by atoms with van der Waals surface area (Å²) in [5.74, 6) is 0.208. The number of aryl methyl sites for hydroxylation is 1. The summed E-state index contributed by atoms with van der Waals surface area (Å²) in [7, 11) is -3.54. The fourth-order valence-electron chi connectivity index (χ4n) is 2.92. The molecule has 6 heteroatoms. The minimum absolute atomic E-state index is 0.128. The van der Waals surface area contributed by atoms with Crippen molar-refractivity contribution >= 4 is 20.9 Å². The summed E-state index contributed by atoms with van der Waals surface area (Å²) in [6.07, 6.45) is 3.10. The molecule has 0 spiro atoms. The van der Waals surface area contributed by atoms with Gasteiger partial charge in [0.1, 0.15) is 4.90 Å². The Morgan fingerprint density at radius 2 is 2.05 bits per heavy atom. The van der Waals surface area contributed by atoms with E-state index in [1.807, 2.05) is 19.1 Å². The third-order valence-corrected chi connectivity index (χ3v) is 6.19. The second-order valence-electron chi connectivity index (χ2n) is 5.87. The first-order valence-corrected chi connectivity index (χ1v) is 8.93. The molecule has 2 aromatic rings. The fourth-order valence-corrected chi connectivity index (χ4v) is 4.56. The molecule has 0 saturated carbocycles. The van der Waals surface area contributed by atoms with Crippen LogP contribution in [0.2, 0.25) is 0 Å². The predicted molar refractivity (Wildman–Crippen MR) is 85.0 cm³/mol. The molecule has 1 fully saturated rings. The molecule has 0 unspecified atom stereocenters. The van der Waals surface area contributed by atoms with Crippen molar-refractivity contribution in [1.82, 2.24) is 9.29 Å². The van der Waals surface area contributed by atoms with Gasteiger partial charge in [-0.15, -0.1) is 0 Å². The SMILES string of the molecule is Cc1cnc2c(S(=O)(=O)N3CCC(CO)CC3)cccc2c1. The number of fused-ring (bicyclic) bond motifs is 1. The van der Waals surface area contributed by atoms with Crippen molar-refractivity contribution in [3.63, 3.8) is 0 Å². The molecule has 1 aromatic carbocycles. The Bertz CT molecular complexity index is 781. The number of aliphatic hydroxyl groups excluding tert-OH is 1. The smallest absolute Gasteiger partial charge is 0.245 e. The van der Waals surface area contributed by atoms with Crippen molar-refractivity contribution in [3.05, 3.63) is 36.0 Å². The lowest BCUT2D eigenvalue weighted by atomic mass is 10.00. The van der Waals surface area contributed by atoms with Gasteiger partial charge in [-0.3, -0.25) is 4.98 Å². The normalized spacial score (nSPS) is 17.9. The van der Waals surface area contributed by atoms with Gasteiger partial charge in [0, 0.05) is 31.3 Å². The van der Waals surface area contributed by atoms with E-state index in [1.165, 1.54) is 4.31 Å². The van der Waals surface area contributed by atoms with Gasteiger partial charge in [-0.25, -0.2) is 8.42 Å². The molecule has 0 amide bonds. The van der Waals surface area contributed by atoms with Crippen LogP contribution >= 0.6 is 0 Å². The third-order valence-electron chi connectivity index (χ3n) is 4.26. The van der Waals surface area contributed by atoms with Crippen LogP contribution in [0, 0.1) is 12.8 Å². The van der Waals surface area contributed by atoms with Crippen LogP contribution in [-0.4, -0.2) is 42.5 Å². The number of hydrogen-bond acceptors (Lipinski definition) is 4. The Morgan fingerprint density at radius 1 is 1.32 bits per heavy atom. The van der Waals surface area contributed by atoms with E-state index >= 15 is 0 Å². The summed E-state index contributed by atoms with van der Waals surface area (Å²) in [6, 6.07) is 7.21. The van der Waals surface area contributed by atoms with Gasteiger partial charge in [-0.2, -0.15) is 4.31 Å². The van der Waals surface area contributed by atoms with Gasteiger partial charge >= 0.3 is 0 Å². The Kier molecular flexibility index (Phi) is 4.16. The highest BCUT2D eigenvalue weighted by Crippen LogP contribution is 2.28. The van der Waals surface area contributed by atoms with Crippen LogP contribution in [-0.2, 0) is 10.0 Å². The molecule has 0 bridgehead atoms.